The lowest BCUT2D eigenvalue weighted by atomic mass is 10.1. The van der Waals surface area contributed by atoms with Gasteiger partial charge in [-0.05, 0) is 36.4 Å². The van der Waals surface area contributed by atoms with Gasteiger partial charge in [-0.25, -0.2) is 0 Å². The van der Waals surface area contributed by atoms with Crippen molar-refractivity contribution in [3.05, 3.63) is 47.5 Å². The lowest BCUT2D eigenvalue weighted by molar-refractivity contribution is 0.344. The number of phenolic OH excluding ortho intramolecular Hbond substituents is 3. The van der Waals surface area contributed by atoms with Crippen LogP contribution in [0.1, 0.15) is 11.1 Å². The molecule has 0 aliphatic heterocycles. The molecule has 0 fully saturated rings. The highest BCUT2D eigenvalue weighted by Gasteiger charge is 2.08. The van der Waals surface area contributed by atoms with Gasteiger partial charge >= 0.3 is 0 Å². The van der Waals surface area contributed by atoms with Gasteiger partial charge in [0.25, 0.3) is 0 Å². The zero-order chi connectivity index (χ0) is 13.8. The molecule has 0 unspecified atom stereocenters. The average Bonchev–Trinajstić information content (AvgIpc) is 2.38. The van der Waals surface area contributed by atoms with E-state index in [2.05, 4.69) is 11.8 Å². The number of benzene rings is 2. The van der Waals surface area contributed by atoms with Gasteiger partial charge in [0, 0.05) is 11.1 Å². The van der Waals surface area contributed by atoms with Crippen molar-refractivity contribution < 1.29 is 20.1 Å². The molecule has 0 aliphatic rings. The summed E-state index contributed by atoms with van der Waals surface area (Å²) in [5, 5.41) is 28.4. The Morgan fingerprint density at radius 1 is 0.842 bits per heavy atom. The van der Waals surface area contributed by atoms with Gasteiger partial charge in [0.05, 0.1) is 7.11 Å². The van der Waals surface area contributed by atoms with Gasteiger partial charge in [0.15, 0.2) is 11.5 Å². The third-order valence-electron chi connectivity index (χ3n) is 2.47. The minimum absolute atomic E-state index is 0.0233. The van der Waals surface area contributed by atoms with Crippen molar-refractivity contribution in [1.29, 1.82) is 0 Å². The summed E-state index contributed by atoms with van der Waals surface area (Å²) in [5.41, 5.74) is 1.18. The van der Waals surface area contributed by atoms with E-state index >= 15 is 0 Å². The van der Waals surface area contributed by atoms with Crippen LogP contribution in [0, 0.1) is 11.8 Å². The van der Waals surface area contributed by atoms with Crippen LogP contribution in [0.4, 0.5) is 0 Å². The lowest BCUT2D eigenvalue weighted by Gasteiger charge is -2.05. The maximum atomic E-state index is 9.62. The van der Waals surface area contributed by atoms with E-state index in [1.54, 1.807) is 12.1 Å². The van der Waals surface area contributed by atoms with E-state index in [1.807, 2.05) is 0 Å². The first-order valence-electron chi connectivity index (χ1n) is 5.51. The van der Waals surface area contributed by atoms with Crippen LogP contribution in [0.25, 0.3) is 0 Å². The SMILES string of the molecule is COc1c(O)cc(C#Cc2ccc(O)cc2)cc1O. The largest absolute Gasteiger partial charge is 0.508 e. The van der Waals surface area contributed by atoms with Gasteiger partial charge in [-0.15, -0.1) is 0 Å². The summed E-state index contributed by atoms with van der Waals surface area (Å²) >= 11 is 0. The van der Waals surface area contributed by atoms with Gasteiger partial charge in [0.1, 0.15) is 5.75 Å². The number of rotatable bonds is 1. The second-order valence-electron chi connectivity index (χ2n) is 3.84. The number of aromatic hydroxyl groups is 3. The van der Waals surface area contributed by atoms with Crippen molar-refractivity contribution in [3.63, 3.8) is 0 Å². The number of methoxy groups -OCH3 is 1. The number of hydrogen-bond donors (Lipinski definition) is 3. The summed E-state index contributed by atoms with van der Waals surface area (Å²) in [6, 6.07) is 9.23. The van der Waals surface area contributed by atoms with Crippen LogP contribution in [0.15, 0.2) is 36.4 Å². The maximum absolute atomic E-state index is 9.62. The molecule has 19 heavy (non-hydrogen) atoms. The minimum Gasteiger partial charge on any atom is -0.508 e. The second kappa shape index (κ2) is 5.23. The van der Waals surface area contributed by atoms with Crippen LogP contribution in [0.3, 0.4) is 0 Å². The van der Waals surface area contributed by atoms with Crippen LogP contribution in [-0.4, -0.2) is 22.4 Å². The van der Waals surface area contributed by atoms with Crippen LogP contribution in [-0.2, 0) is 0 Å². The van der Waals surface area contributed by atoms with E-state index in [-0.39, 0.29) is 23.0 Å². The summed E-state index contributed by atoms with van der Waals surface area (Å²) in [5.74, 6) is 5.52. The van der Waals surface area contributed by atoms with Crippen molar-refractivity contribution in [2.45, 2.75) is 0 Å². The molecule has 0 spiro atoms. The Labute approximate surface area is 110 Å². The van der Waals surface area contributed by atoms with E-state index in [0.717, 1.165) is 0 Å². The number of hydrogen-bond acceptors (Lipinski definition) is 4. The molecule has 4 nitrogen and oxygen atoms in total. The van der Waals surface area contributed by atoms with Crippen molar-refractivity contribution in [1.82, 2.24) is 0 Å². The van der Waals surface area contributed by atoms with Crippen molar-refractivity contribution in [3.8, 4) is 34.8 Å². The number of ether oxygens (including phenoxy) is 1. The molecule has 0 amide bonds. The Bertz CT molecular complexity index is 625. The molecule has 3 N–H and O–H groups in total. The molecule has 0 atom stereocenters. The molecule has 0 saturated heterocycles. The van der Waals surface area contributed by atoms with Crippen LogP contribution in [0.2, 0.25) is 0 Å². The van der Waals surface area contributed by atoms with Gasteiger partial charge < -0.3 is 20.1 Å². The predicted octanol–water partition coefficient (Wildman–Crippen LogP) is 2.21. The Morgan fingerprint density at radius 2 is 1.37 bits per heavy atom. The van der Waals surface area contributed by atoms with Crippen molar-refractivity contribution in [2.24, 2.45) is 0 Å². The average molecular weight is 256 g/mol. The predicted molar refractivity (Wildman–Crippen MR) is 70.4 cm³/mol. The molecule has 0 aliphatic carbocycles. The van der Waals surface area contributed by atoms with E-state index in [9.17, 15) is 10.2 Å². The molecule has 96 valence electrons. The molecule has 4 heteroatoms. The molecule has 0 bridgehead atoms. The van der Waals surface area contributed by atoms with Gasteiger partial charge in [-0.1, -0.05) is 11.8 Å². The Morgan fingerprint density at radius 3 is 1.89 bits per heavy atom. The fraction of sp³-hybridized carbons (Fsp3) is 0.0667. The topological polar surface area (TPSA) is 69.9 Å². The van der Waals surface area contributed by atoms with Crippen molar-refractivity contribution in [2.75, 3.05) is 7.11 Å². The minimum atomic E-state index is -0.169. The normalized spacial score (nSPS) is 9.53. The molecule has 2 aromatic rings. The first-order valence-corrected chi connectivity index (χ1v) is 5.51. The molecule has 0 saturated carbocycles. The molecular weight excluding hydrogens is 244 g/mol. The highest BCUT2D eigenvalue weighted by Crippen LogP contribution is 2.36. The molecule has 2 aromatic carbocycles. The first kappa shape index (κ1) is 12.7. The zero-order valence-electron chi connectivity index (χ0n) is 10.2. The third-order valence-corrected chi connectivity index (χ3v) is 2.47. The Balaban J connectivity index is 2.32. The molecule has 0 aromatic heterocycles. The highest BCUT2D eigenvalue weighted by atomic mass is 16.5. The zero-order valence-corrected chi connectivity index (χ0v) is 10.2. The van der Waals surface area contributed by atoms with Crippen LogP contribution in [0.5, 0.6) is 23.0 Å². The first-order chi connectivity index (χ1) is 9.10. The van der Waals surface area contributed by atoms with Gasteiger partial charge in [-0.3, -0.25) is 0 Å². The lowest BCUT2D eigenvalue weighted by Crippen LogP contribution is -1.86. The Hall–Kier alpha value is -2.80. The van der Waals surface area contributed by atoms with E-state index < -0.39 is 0 Å². The molecule has 0 heterocycles. The monoisotopic (exact) mass is 256 g/mol. The standard InChI is InChI=1S/C15H12O4/c1-19-15-13(17)8-11(9-14(15)18)3-2-10-4-6-12(16)7-5-10/h4-9,16-18H,1H3. The maximum Gasteiger partial charge on any atom is 0.202 e. The second-order valence-corrected chi connectivity index (χ2v) is 3.84. The quantitative estimate of drug-likeness (QED) is 0.684. The Kier molecular flexibility index (Phi) is 3.48. The highest BCUT2D eigenvalue weighted by molar-refractivity contribution is 5.57. The number of phenols is 3. The summed E-state index contributed by atoms with van der Waals surface area (Å²) in [7, 11) is 1.36. The van der Waals surface area contributed by atoms with E-state index in [0.29, 0.717) is 11.1 Å². The van der Waals surface area contributed by atoms with Gasteiger partial charge in [0.2, 0.25) is 5.75 Å². The summed E-state index contributed by atoms with van der Waals surface area (Å²) in [6.45, 7) is 0. The molecular formula is C15H12O4. The van der Waals surface area contributed by atoms with E-state index in [1.165, 1.54) is 31.4 Å². The fourth-order valence-corrected chi connectivity index (χ4v) is 1.57. The van der Waals surface area contributed by atoms with Crippen molar-refractivity contribution >= 4 is 0 Å². The smallest absolute Gasteiger partial charge is 0.202 e. The summed E-state index contributed by atoms with van der Waals surface area (Å²) in [6.07, 6.45) is 0. The molecule has 2 rings (SSSR count). The van der Waals surface area contributed by atoms with Crippen LogP contribution < -0.4 is 4.74 Å². The van der Waals surface area contributed by atoms with E-state index in [4.69, 9.17) is 9.84 Å². The summed E-state index contributed by atoms with van der Waals surface area (Å²) in [4.78, 5) is 0. The summed E-state index contributed by atoms with van der Waals surface area (Å²) < 4.78 is 4.83. The molecule has 0 radical (unpaired) electrons. The fourth-order valence-electron chi connectivity index (χ4n) is 1.57. The van der Waals surface area contributed by atoms with Gasteiger partial charge in [-0.2, -0.15) is 0 Å². The van der Waals surface area contributed by atoms with Crippen LogP contribution >= 0.6 is 0 Å². The third kappa shape index (κ3) is 2.90.